The van der Waals surface area contributed by atoms with Crippen LogP contribution in [0.2, 0.25) is 0 Å². The molecule has 2 aliphatic heterocycles. The maximum absolute atomic E-state index is 6.04. The van der Waals surface area contributed by atoms with E-state index in [1.165, 1.54) is 24.0 Å². The monoisotopic (exact) mass is 274 g/mol. The Kier molecular flexibility index (Phi) is 4.39. The van der Waals surface area contributed by atoms with Gasteiger partial charge >= 0.3 is 0 Å². The molecule has 3 atom stereocenters. The van der Waals surface area contributed by atoms with Crippen LogP contribution in [0, 0.1) is 5.92 Å². The van der Waals surface area contributed by atoms with Crippen molar-refractivity contribution >= 4 is 0 Å². The minimum absolute atomic E-state index is 0.224. The van der Waals surface area contributed by atoms with E-state index in [4.69, 9.17) is 10.5 Å². The highest BCUT2D eigenvalue weighted by atomic mass is 16.5. The van der Waals surface area contributed by atoms with Crippen molar-refractivity contribution in [3.8, 4) is 0 Å². The molecule has 0 aliphatic carbocycles. The Morgan fingerprint density at radius 3 is 3.05 bits per heavy atom. The fraction of sp³-hybridized carbons (Fsp3) is 0.647. The molecule has 0 spiro atoms. The Bertz CT molecular complexity index is 448. The van der Waals surface area contributed by atoms with Gasteiger partial charge < -0.3 is 10.5 Å². The zero-order valence-corrected chi connectivity index (χ0v) is 12.4. The van der Waals surface area contributed by atoms with Gasteiger partial charge in [0.2, 0.25) is 0 Å². The van der Waals surface area contributed by atoms with Gasteiger partial charge in [0, 0.05) is 19.1 Å². The molecule has 3 unspecified atom stereocenters. The van der Waals surface area contributed by atoms with Crippen molar-refractivity contribution in [3.05, 3.63) is 35.4 Å². The van der Waals surface area contributed by atoms with Crippen LogP contribution >= 0.6 is 0 Å². The number of rotatable bonds is 3. The van der Waals surface area contributed by atoms with Crippen molar-refractivity contribution in [1.29, 1.82) is 0 Å². The second-order valence-electron chi connectivity index (χ2n) is 6.32. The lowest BCUT2D eigenvalue weighted by Gasteiger charge is -2.40. The third-order valence-corrected chi connectivity index (χ3v) is 4.86. The van der Waals surface area contributed by atoms with Crippen LogP contribution in [0.25, 0.3) is 0 Å². The van der Waals surface area contributed by atoms with Gasteiger partial charge in [-0.25, -0.2) is 0 Å². The van der Waals surface area contributed by atoms with E-state index in [2.05, 4.69) is 36.1 Å². The van der Waals surface area contributed by atoms with Gasteiger partial charge in [-0.3, -0.25) is 4.90 Å². The summed E-state index contributed by atoms with van der Waals surface area (Å²) >= 11 is 0. The van der Waals surface area contributed by atoms with Crippen LogP contribution in [0.4, 0.5) is 0 Å². The molecule has 0 amide bonds. The largest absolute Gasteiger partial charge is 0.372 e. The summed E-state index contributed by atoms with van der Waals surface area (Å²) in [7, 11) is 0. The Labute approximate surface area is 122 Å². The van der Waals surface area contributed by atoms with Gasteiger partial charge in [-0.15, -0.1) is 0 Å². The Hall–Kier alpha value is -0.900. The van der Waals surface area contributed by atoms with Gasteiger partial charge in [-0.05, 0) is 42.9 Å². The highest BCUT2D eigenvalue weighted by molar-refractivity contribution is 5.31. The summed E-state index contributed by atoms with van der Waals surface area (Å²) in [6.07, 6.45) is 3.78. The molecule has 1 saturated heterocycles. The van der Waals surface area contributed by atoms with Crippen molar-refractivity contribution in [3.63, 3.8) is 0 Å². The van der Waals surface area contributed by atoms with E-state index in [9.17, 15) is 0 Å². The quantitative estimate of drug-likeness (QED) is 0.919. The molecule has 0 aromatic heterocycles. The summed E-state index contributed by atoms with van der Waals surface area (Å²) < 4.78 is 6.04. The number of ether oxygens (including phenoxy) is 1. The zero-order valence-electron chi connectivity index (χ0n) is 12.4. The Morgan fingerprint density at radius 2 is 2.20 bits per heavy atom. The first-order valence-electron chi connectivity index (χ1n) is 7.91. The molecule has 3 nitrogen and oxygen atoms in total. The smallest absolute Gasteiger partial charge is 0.0954 e. The lowest BCUT2D eigenvalue weighted by atomic mass is 9.91. The van der Waals surface area contributed by atoms with Gasteiger partial charge in [0.15, 0.2) is 0 Å². The number of hydrogen-bond acceptors (Lipinski definition) is 3. The maximum atomic E-state index is 6.04. The summed E-state index contributed by atoms with van der Waals surface area (Å²) in [6, 6.07) is 9.25. The second-order valence-corrected chi connectivity index (χ2v) is 6.32. The molecule has 1 fully saturated rings. The van der Waals surface area contributed by atoms with E-state index in [1.54, 1.807) is 0 Å². The van der Waals surface area contributed by atoms with E-state index in [1.807, 2.05) is 0 Å². The molecule has 2 heterocycles. The highest BCUT2D eigenvalue weighted by Crippen LogP contribution is 2.30. The molecule has 1 aromatic carbocycles. The van der Waals surface area contributed by atoms with Crippen LogP contribution in [0.1, 0.15) is 37.0 Å². The zero-order chi connectivity index (χ0) is 13.9. The van der Waals surface area contributed by atoms with E-state index in [0.29, 0.717) is 6.04 Å². The van der Waals surface area contributed by atoms with Crippen LogP contribution in [0.15, 0.2) is 24.3 Å². The fourth-order valence-electron chi connectivity index (χ4n) is 3.63. The molecule has 3 rings (SSSR count). The van der Waals surface area contributed by atoms with Crippen molar-refractivity contribution < 1.29 is 4.74 Å². The van der Waals surface area contributed by atoms with Gasteiger partial charge in [-0.2, -0.15) is 0 Å². The molecule has 3 heteroatoms. The molecule has 0 saturated carbocycles. The number of nitrogens with two attached hydrogens (primary N) is 1. The van der Waals surface area contributed by atoms with Crippen molar-refractivity contribution in [2.75, 3.05) is 26.2 Å². The SMILES string of the molecule is CC1CCN(CC2OCCc3ccccc32)C(CN)C1. The maximum Gasteiger partial charge on any atom is 0.0954 e. The van der Waals surface area contributed by atoms with Crippen molar-refractivity contribution in [2.45, 2.75) is 38.3 Å². The van der Waals surface area contributed by atoms with Crippen LogP contribution in [0.5, 0.6) is 0 Å². The number of piperidine rings is 1. The lowest BCUT2D eigenvalue weighted by Crippen LogP contribution is -2.48. The molecule has 0 bridgehead atoms. The molecule has 20 heavy (non-hydrogen) atoms. The van der Waals surface area contributed by atoms with Crippen LogP contribution in [-0.2, 0) is 11.2 Å². The highest BCUT2D eigenvalue weighted by Gasteiger charge is 2.29. The standard InChI is InChI=1S/C17H26N2O/c1-13-6-8-19(15(10-13)11-18)12-17-16-5-3-2-4-14(16)7-9-20-17/h2-5,13,15,17H,6-12,18H2,1H3. The minimum atomic E-state index is 0.224. The van der Waals surface area contributed by atoms with Crippen LogP contribution in [0.3, 0.4) is 0 Å². The molecule has 2 aliphatic rings. The molecular weight excluding hydrogens is 248 g/mol. The number of hydrogen-bond donors (Lipinski definition) is 1. The normalized spacial score (nSPS) is 31.0. The van der Waals surface area contributed by atoms with E-state index in [0.717, 1.165) is 38.6 Å². The van der Waals surface area contributed by atoms with Gasteiger partial charge in [0.05, 0.1) is 12.7 Å². The average Bonchev–Trinajstić information content (AvgIpc) is 2.49. The summed E-state index contributed by atoms with van der Waals surface area (Å²) in [6.45, 7) is 6.10. The lowest BCUT2D eigenvalue weighted by molar-refractivity contribution is -0.00494. The van der Waals surface area contributed by atoms with Crippen molar-refractivity contribution in [1.82, 2.24) is 4.90 Å². The Balaban J connectivity index is 1.72. The second kappa shape index (κ2) is 6.25. The first kappa shape index (κ1) is 14.1. The number of fused-ring (bicyclic) bond motifs is 1. The van der Waals surface area contributed by atoms with E-state index in [-0.39, 0.29) is 6.10 Å². The first-order valence-corrected chi connectivity index (χ1v) is 7.91. The summed E-state index contributed by atoms with van der Waals surface area (Å²) in [5.41, 5.74) is 8.81. The molecule has 1 aromatic rings. The fourth-order valence-corrected chi connectivity index (χ4v) is 3.63. The van der Waals surface area contributed by atoms with Crippen LogP contribution in [-0.4, -0.2) is 37.2 Å². The molecular formula is C17H26N2O. The number of likely N-dealkylation sites (tertiary alicyclic amines) is 1. The van der Waals surface area contributed by atoms with E-state index < -0.39 is 0 Å². The number of benzene rings is 1. The topological polar surface area (TPSA) is 38.5 Å². The first-order chi connectivity index (χ1) is 9.78. The Morgan fingerprint density at radius 1 is 1.35 bits per heavy atom. The summed E-state index contributed by atoms with van der Waals surface area (Å²) in [5.74, 6) is 0.805. The van der Waals surface area contributed by atoms with Crippen LogP contribution < -0.4 is 5.73 Å². The average molecular weight is 274 g/mol. The minimum Gasteiger partial charge on any atom is -0.372 e. The molecule has 110 valence electrons. The van der Waals surface area contributed by atoms with Crippen molar-refractivity contribution in [2.24, 2.45) is 11.7 Å². The van der Waals surface area contributed by atoms with Gasteiger partial charge in [0.1, 0.15) is 0 Å². The van der Waals surface area contributed by atoms with E-state index >= 15 is 0 Å². The third kappa shape index (κ3) is 2.90. The third-order valence-electron chi connectivity index (χ3n) is 4.86. The number of nitrogens with zero attached hydrogens (tertiary/aromatic N) is 1. The molecule has 2 N–H and O–H groups in total. The summed E-state index contributed by atoms with van der Waals surface area (Å²) in [5, 5.41) is 0. The summed E-state index contributed by atoms with van der Waals surface area (Å²) in [4.78, 5) is 2.55. The predicted molar refractivity (Wildman–Crippen MR) is 81.7 cm³/mol. The van der Waals surface area contributed by atoms with Gasteiger partial charge in [-0.1, -0.05) is 31.2 Å². The molecule has 0 radical (unpaired) electrons. The van der Waals surface area contributed by atoms with Gasteiger partial charge in [0.25, 0.3) is 0 Å². The predicted octanol–water partition coefficient (Wildman–Crippen LogP) is 2.36.